The van der Waals surface area contributed by atoms with Crippen LogP contribution in [0.3, 0.4) is 0 Å². The first-order valence-corrected chi connectivity index (χ1v) is 9.21. The molecule has 0 fully saturated rings. The minimum absolute atomic E-state index is 0.241. The minimum atomic E-state index is -0.380. The van der Waals surface area contributed by atoms with Gasteiger partial charge in [-0.1, -0.05) is 39.8 Å². The smallest absolute Gasteiger partial charge is 0.332 e. The average Bonchev–Trinajstić information content (AvgIpc) is 3.07. The number of nitrogens with one attached hydrogen (secondary N) is 1. The van der Waals surface area contributed by atoms with Gasteiger partial charge < -0.3 is 9.72 Å². The van der Waals surface area contributed by atoms with E-state index in [2.05, 4.69) is 23.8 Å². The van der Waals surface area contributed by atoms with Gasteiger partial charge in [-0.15, -0.1) is 0 Å². The highest BCUT2D eigenvalue weighted by Gasteiger charge is 2.18. The standard InChI is InChI=1S/C20H26N4O3/c1-12(2)10-24-18-16(19(25)23(5)20(24)26)21-17(22-18)14-8-6-7-9-15(14)27-11-13(3)4/h6-9,12-13H,10-11H2,1-5H3,(H,21,22). The lowest BCUT2D eigenvalue weighted by molar-refractivity contribution is 0.272. The lowest BCUT2D eigenvalue weighted by Gasteiger charge is -2.11. The van der Waals surface area contributed by atoms with Gasteiger partial charge in [0, 0.05) is 13.6 Å². The van der Waals surface area contributed by atoms with Crippen molar-refractivity contribution in [3.8, 4) is 17.1 Å². The Balaban J connectivity index is 2.20. The Hall–Kier alpha value is -2.83. The van der Waals surface area contributed by atoms with Crippen LogP contribution in [0.4, 0.5) is 0 Å². The topological polar surface area (TPSA) is 81.9 Å². The van der Waals surface area contributed by atoms with Crippen molar-refractivity contribution in [3.05, 3.63) is 45.1 Å². The largest absolute Gasteiger partial charge is 0.493 e. The fourth-order valence-corrected chi connectivity index (χ4v) is 2.94. The van der Waals surface area contributed by atoms with Gasteiger partial charge in [-0.2, -0.15) is 0 Å². The Morgan fingerprint density at radius 1 is 1.11 bits per heavy atom. The highest BCUT2D eigenvalue weighted by Crippen LogP contribution is 2.29. The number of ether oxygens (including phenoxy) is 1. The zero-order chi connectivity index (χ0) is 19.7. The average molecular weight is 370 g/mol. The zero-order valence-corrected chi connectivity index (χ0v) is 16.4. The van der Waals surface area contributed by atoms with Gasteiger partial charge in [0.1, 0.15) is 17.1 Å². The molecule has 27 heavy (non-hydrogen) atoms. The van der Waals surface area contributed by atoms with Crippen LogP contribution in [0.15, 0.2) is 33.9 Å². The van der Waals surface area contributed by atoms with Crippen LogP contribution < -0.4 is 16.0 Å². The van der Waals surface area contributed by atoms with E-state index in [9.17, 15) is 9.59 Å². The fraction of sp³-hybridized carbons (Fsp3) is 0.450. The number of nitrogens with zero attached hydrogens (tertiary/aromatic N) is 3. The maximum Gasteiger partial charge on any atom is 0.332 e. The number of imidazole rings is 1. The number of hydrogen-bond donors (Lipinski definition) is 1. The number of aromatic amines is 1. The first-order chi connectivity index (χ1) is 12.8. The normalized spacial score (nSPS) is 11.7. The van der Waals surface area contributed by atoms with Gasteiger partial charge in [-0.25, -0.2) is 9.78 Å². The third-order valence-corrected chi connectivity index (χ3v) is 4.24. The predicted molar refractivity (Wildman–Crippen MR) is 106 cm³/mol. The number of H-pyrrole nitrogens is 1. The summed E-state index contributed by atoms with van der Waals surface area (Å²) >= 11 is 0. The number of rotatable bonds is 6. The fourth-order valence-electron chi connectivity index (χ4n) is 2.94. The second kappa shape index (κ2) is 7.42. The third-order valence-electron chi connectivity index (χ3n) is 4.24. The molecule has 2 heterocycles. The van der Waals surface area contributed by atoms with E-state index in [-0.39, 0.29) is 17.2 Å². The molecule has 0 spiro atoms. The molecule has 0 amide bonds. The molecule has 3 rings (SSSR count). The van der Waals surface area contributed by atoms with Gasteiger partial charge in [0.05, 0.1) is 12.2 Å². The maximum atomic E-state index is 12.6. The van der Waals surface area contributed by atoms with Gasteiger partial charge in [-0.3, -0.25) is 13.9 Å². The Morgan fingerprint density at radius 3 is 2.48 bits per heavy atom. The van der Waals surface area contributed by atoms with Gasteiger partial charge in [0.25, 0.3) is 5.56 Å². The van der Waals surface area contributed by atoms with E-state index in [1.807, 2.05) is 38.1 Å². The third kappa shape index (κ3) is 3.67. The maximum absolute atomic E-state index is 12.6. The molecule has 0 saturated carbocycles. The lowest BCUT2D eigenvalue weighted by atomic mass is 10.2. The number of benzene rings is 1. The van der Waals surface area contributed by atoms with Crippen LogP contribution in [0.2, 0.25) is 0 Å². The van der Waals surface area contributed by atoms with E-state index in [1.165, 1.54) is 7.05 Å². The van der Waals surface area contributed by atoms with Crippen LogP contribution in [-0.2, 0) is 13.6 Å². The first-order valence-electron chi connectivity index (χ1n) is 9.21. The summed E-state index contributed by atoms with van der Waals surface area (Å²) in [5.41, 5.74) is 0.731. The van der Waals surface area contributed by atoms with Crippen molar-refractivity contribution < 1.29 is 4.74 Å². The van der Waals surface area contributed by atoms with Crippen molar-refractivity contribution in [2.75, 3.05) is 6.61 Å². The molecule has 1 N–H and O–H groups in total. The molecule has 0 bridgehead atoms. The Kier molecular flexibility index (Phi) is 5.21. The second-order valence-electron chi connectivity index (χ2n) is 7.64. The molecule has 1 aromatic carbocycles. The Labute approximate surface area is 157 Å². The summed E-state index contributed by atoms with van der Waals surface area (Å²) in [6.07, 6.45) is 0. The van der Waals surface area contributed by atoms with Crippen LogP contribution in [-0.4, -0.2) is 25.7 Å². The number of para-hydroxylation sites is 1. The number of hydrogen-bond acceptors (Lipinski definition) is 4. The molecule has 7 nitrogen and oxygen atoms in total. The second-order valence-corrected chi connectivity index (χ2v) is 7.64. The highest BCUT2D eigenvalue weighted by atomic mass is 16.5. The van der Waals surface area contributed by atoms with E-state index in [0.29, 0.717) is 41.8 Å². The summed E-state index contributed by atoms with van der Waals surface area (Å²) in [7, 11) is 1.49. The molecule has 0 aliphatic heterocycles. The predicted octanol–water partition coefficient (Wildman–Crippen LogP) is 2.78. The molecular weight excluding hydrogens is 344 g/mol. The Morgan fingerprint density at radius 2 is 1.81 bits per heavy atom. The number of aromatic nitrogens is 4. The molecule has 0 unspecified atom stereocenters. The molecule has 0 aliphatic rings. The van der Waals surface area contributed by atoms with Crippen LogP contribution in [0.1, 0.15) is 27.7 Å². The molecule has 0 aliphatic carbocycles. The molecule has 144 valence electrons. The van der Waals surface area contributed by atoms with Crippen molar-refractivity contribution in [1.82, 2.24) is 19.1 Å². The first kappa shape index (κ1) is 18.9. The van der Waals surface area contributed by atoms with E-state index in [1.54, 1.807) is 4.57 Å². The van der Waals surface area contributed by atoms with Gasteiger partial charge in [0.2, 0.25) is 0 Å². The number of fused-ring (bicyclic) bond motifs is 1. The SMILES string of the molecule is CC(C)COc1ccccc1-c1nc2c([nH]1)c(=O)n(C)c(=O)n2CC(C)C. The van der Waals surface area contributed by atoms with Crippen LogP contribution in [0.25, 0.3) is 22.6 Å². The summed E-state index contributed by atoms with van der Waals surface area (Å²) in [5, 5.41) is 0. The van der Waals surface area contributed by atoms with E-state index < -0.39 is 0 Å². The molecule has 0 radical (unpaired) electrons. The van der Waals surface area contributed by atoms with E-state index in [4.69, 9.17) is 4.74 Å². The minimum Gasteiger partial charge on any atom is -0.493 e. The molecule has 2 aromatic heterocycles. The van der Waals surface area contributed by atoms with Crippen LogP contribution in [0, 0.1) is 11.8 Å². The van der Waals surface area contributed by atoms with Gasteiger partial charge in [-0.05, 0) is 24.0 Å². The zero-order valence-electron chi connectivity index (χ0n) is 16.4. The van der Waals surface area contributed by atoms with Crippen molar-refractivity contribution in [2.45, 2.75) is 34.2 Å². The van der Waals surface area contributed by atoms with Crippen LogP contribution >= 0.6 is 0 Å². The molecule has 0 saturated heterocycles. The van der Waals surface area contributed by atoms with E-state index >= 15 is 0 Å². The van der Waals surface area contributed by atoms with Crippen molar-refractivity contribution in [3.63, 3.8) is 0 Å². The lowest BCUT2D eigenvalue weighted by Crippen LogP contribution is -2.38. The monoisotopic (exact) mass is 370 g/mol. The summed E-state index contributed by atoms with van der Waals surface area (Å²) in [6.45, 7) is 9.27. The summed E-state index contributed by atoms with van der Waals surface area (Å²) in [5.74, 6) is 1.84. The van der Waals surface area contributed by atoms with Crippen molar-refractivity contribution in [2.24, 2.45) is 18.9 Å². The van der Waals surface area contributed by atoms with Gasteiger partial charge >= 0.3 is 5.69 Å². The van der Waals surface area contributed by atoms with E-state index in [0.717, 1.165) is 10.1 Å². The van der Waals surface area contributed by atoms with Crippen molar-refractivity contribution in [1.29, 1.82) is 0 Å². The molecule has 7 heteroatoms. The summed E-state index contributed by atoms with van der Waals surface area (Å²) < 4.78 is 8.58. The van der Waals surface area contributed by atoms with Gasteiger partial charge in [0.15, 0.2) is 5.65 Å². The highest BCUT2D eigenvalue weighted by molar-refractivity contribution is 5.77. The quantitative estimate of drug-likeness (QED) is 0.723. The summed E-state index contributed by atoms with van der Waals surface area (Å²) in [6, 6.07) is 7.56. The molecule has 0 atom stereocenters. The molecule has 3 aromatic rings. The van der Waals surface area contributed by atoms with Crippen molar-refractivity contribution >= 4 is 11.2 Å². The summed E-state index contributed by atoms with van der Waals surface area (Å²) in [4.78, 5) is 32.9. The molecular formula is C20H26N4O3. The Bertz CT molecular complexity index is 1070. The van der Waals surface area contributed by atoms with Crippen LogP contribution in [0.5, 0.6) is 5.75 Å².